The number of likely N-dealkylation sites (tertiary alicyclic amines) is 2. The van der Waals surface area contributed by atoms with Gasteiger partial charge < -0.3 is 25.2 Å². The number of benzene rings is 2. The number of carbonyl (C=O) groups excluding carboxylic acids is 1. The molecule has 0 radical (unpaired) electrons. The highest BCUT2D eigenvalue weighted by atomic mass is 19.1. The number of hydrogen-bond acceptors (Lipinski definition) is 4. The number of carboxylic acid groups (broad SMARTS) is 1. The van der Waals surface area contributed by atoms with E-state index in [4.69, 9.17) is 0 Å². The van der Waals surface area contributed by atoms with Gasteiger partial charge >= 0.3 is 6.09 Å². The topological polar surface area (TPSA) is 106 Å². The summed E-state index contributed by atoms with van der Waals surface area (Å²) in [6, 6.07) is 9.85. The smallest absolute Gasteiger partial charge is 0.407 e. The number of piperidine rings is 1. The average Bonchev–Trinajstić information content (AvgIpc) is 3.66. The van der Waals surface area contributed by atoms with Gasteiger partial charge in [-0.2, -0.15) is 0 Å². The predicted molar refractivity (Wildman–Crippen MR) is 147 cm³/mol. The van der Waals surface area contributed by atoms with Crippen molar-refractivity contribution in [2.75, 3.05) is 32.7 Å². The van der Waals surface area contributed by atoms with Gasteiger partial charge in [0, 0.05) is 43.5 Å². The van der Waals surface area contributed by atoms with Crippen LogP contribution < -0.4 is 5.32 Å². The summed E-state index contributed by atoms with van der Waals surface area (Å²) in [7, 11) is 0. The highest BCUT2D eigenvalue weighted by molar-refractivity contribution is 5.98. The molecule has 0 saturated carbocycles. The molecule has 11 heteroatoms. The lowest BCUT2D eigenvalue weighted by molar-refractivity contribution is 0.0949. The first-order valence-corrected chi connectivity index (χ1v) is 13.8. The van der Waals surface area contributed by atoms with Gasteiger partial charge in [0.25, 0.3) is 5.91 Å². The highest BCUT2D eigenvalue weighted by Crippen LogP contribution is 2.34. The molecule has 1 unspecified atom stereocenters. The molecule has 4 aromatic rings. The lowest BCUT2D eigenvalue weighted by Crippen LogP contribution is -2.36. The minimum atomic E-state index is -0.991. The fourth-order valence-electron chi connectivity index (χ4n) is 5.91. The van der Waals surface area contributed by atoms with Crippen LogP contribution in [0.25, 0.3) is 28.1 Å². The van der Waals surface area contributed by atoms with Gasteiger partial charge in [-0.1, -0.05) is 6.07 Å². The van der Waals surface area contributed by atoms with Crippen LogP contribution in [0.3, 0.4) is 0 Å². The molecule has 40 heavy (non-hydrogen) atoms. The number of aromatic amines is 1. The molecule has 2 aliphatic rings. The first kappa shape index (κ1) is 26.2. The van der Waals surface area contributed by atoms with Crippen LogP contribution in [0.1, 0.15) is 54.1 Å². The minimum absolute atomic E-state index is 0.164. The van der Waals surface area contributed by atoms with Crippen LogP contribution in [-0.4, -0.2) is 80.2 Å². The molecule has 2 saturated heterocycles. The van der Waals surface area contributed by atoms with Crippen LogP contribution >= 0.6 is 0 Å². The quantitative estimate of drug-likeness (QED) is 0.281. The van der Waals surface area contributed by atoms with E-state index in [-0.39, 0.29) is 11.9 Å². The third kappa shape index (κ3) is 5.13. The highest BCUT2D eigenvalue weighted by Gasteiger charge is 2.30. The molecule has 0 aliphatic carbocycles. The van der Waals surface area contributed by atoms with Crippen LogP contribution in [0.15, 0.2) is 42.6 Å². The van der Waals surface area contributed by atoms with E-state index in [2.05, 4.69) is 20.2 Å². The molecule has 0 bridgehead atoms. The molecule has 6 rings (SSSR count). The summed E-state index contributed by atoms with van der Waals surface area (Å²) >= 11 is 0. The van der Waals surface area contributed by atoms with Gasteiger partial charge in [0.1, 0.15) is 12.0 Å². The van der Waals surface area contributed by atoms with E-state index in [0.29, 0.717) is 60.5 Å². The Morgan fingerprint density at radius 1 is 1.10 bits per heavy atom. The number of H-pyrrole nitrogens is 1. The van der Waals surface area contributed by atoms with E-state index in [1.54, 1.807) is 30.5 Å². The second-order valence-corrected chi connectivity index (χ2v) is 10.7. The molecular weight excluding hydrogens is 518 g/mol. The largest absolute Gasteiger partial charge is 0.465 e. The summed E-state index contributed by atoms with van der Waals surface area (Å²) in [6.45, 7) is 3.38. The Hall–Kier alpha value is -3.99. The predicted octanol–water partition coefficient (Wildman–Crippen LogP) is 4.99. The number of rotatable bonds is 7. The van der Waals surface area contributed by atoms with Crippen LogP contribution in [-0.2, 0) is 0 Å². The molecule has 2 aliphatic heterocycles. The molecular formula is C29H32F2N6O3. The van der Waals surface area contributed by atoms with Gasteiger partial charge in [-0.05, 0) is 74.5 Å². The van der Waals surface area contributed by atoms with Crippen molar-refractivity contribution in [1.29, 1.82) is 0 Å². The second kappa shape index (κ2) is 10.9. The van der Waals surface area contributed by atoms with Crippen molar-refractivity contribution in [2.45, 2.75) is 44.3 Å². The maximum Gasteiger partial charge on any atom is 0.407 e. The summed E-state index contributed by atoms with van der Waals surface area (Å²) in [5, 5.41) is 12.4. The molecule has 210 valence electrons. The summed E-state index contributed by atoms with van der Waals surface area (Å²) in [5.74, 6) is -0.0928. The summed E-state index contributed by atoms with van der Waals surface area (Å²) in [4.78, 5) is 35.6. The Kier molecular flexibility index (Phi) is 7.14. The van der Waals surface area contributed by atoms with Gasteiger partial charge in [0.15, 0.2) is 0 Å². The van der Waals surface area contributed by atoms with Gasteiger partial charge in [-0.3, -0.25) is 9.20 Å². The molecule has 2 aromatic carbocycles. The number of aromatic nitrogens is 3. The van der Waals surface area contributed by atoms with Gasteiger partial charge in [0.05, 0.1) is 22.8 Å². The zero-order valence-electron chi connectivity index (χ0n) is 22.1. The van der Waals surface area contributed by atoms with E-state index >= 15 is 4.39 Å². The van der Waals surface area contributed by atoms with Crippen molar-refractivity contribution in [3.05, 3.63) is 59.5 Å². The fourth-order valence-corrected chi connectivity index (χ4v) is 5.91. The molecule has 9 nitrogen and oxygen atoms in total. The van der Waals surface area contributed by atoms with Crippen molar-refractivity contribution < 1.29 is 23.5 Å². The van der Waals surface area contributed by atoms with Gasteiger partial charge in [0.2, 0.25) is 5.78 Å². The maximum absolute atomic E-state index is 15.2. The van der Waals surface area contributed by atoms with Crippen molar-refractivity contribution in [1.82, 2.24) is 29.5 Å². The number of fused-ring (bicyclic) bond motifs is 3. The first-order valence-electron chi connectivity index (χ1n) is 13.8. The summed E-state index contributed by atoms with van der Waals surface area (Å²) in [5.41, 5.74) is 3.50. The minimum Gasteiger partial charge on any atom is -0.465 e. The molecule has 2 amide bonds. The van der Waals surface area contributed by atoms with Crippen molar-refractivity contribution >= 4 is 28.8 Å². The number of halogens is 2. The summed E-state index contributed by atoms with van der Waals surface area (Å²) in [6.07, 6.45) is 3.47. The van der Waals surface area contributed by atoms with Crippen LogP contribution in [0.5, 0.6) is 0 Å². The molecule has 3 N–H and O–H groups in total. The standard InChI is InChI=1S/C29H32F2N6O3/c30-20-8-13-35(14-9-20)11-2-10-32-27(38)19-5-7-26-23(16-19)33-28-34-24(17-37(26)28)21-6-4-18(15-22(21)31)25-3-1-12-36(25)29(39)40/h4-7,15-17,20,25H,1-3,8-14H2,(H,32,38)(H,33,34)(H,39,40). The molecule has 0 spiro atoms. The molecule has 2 aromatic heterocycles. The number of nitrogens with zero attached hydrogens (tertiary/aromatic N) is 4. The fraction of sp³-hybridized carbons (Fsp3) is 0.414. The third-order valence-electron chi connectivity index (χ3n) is 8.08. The lowest BCUT2D eigenvalue weighted by atomic mass is 10.0. The van der Waals surface area contributed by atoms with E-state index in [9.17, 15) is 19.1 Å². The monoisotopic (exact) mass is 550 g/mol. The Labute approximate surface area is 229 Å². The van der Waals surface area contributed by atoms with E-state index in [0.717, 1.165) is 43.5 Å². The van der Waals surface area contributed by atoms with E-state index in [1.165, 1.54) is 11.0 Å². The Bertz CT molecular complexity index is 1560. The lowest BCUT2D eigenvalue weighted by Gasteiger charge is -2.28. The van der Waals surface area contributed by atoms with Crippen LogP contribution in [0.4, 0.5) is 13.6 Å². The van der Waals surface area contributed by atoms with E-state index < -0.39 is 18.1 Å². The van der Waals surface area contributed by atoms with Gasteiger partial charge in [-0.25, -0.2) is 18.6 Å². The van der Waals surface area contributed by atoms with Crippen molar-refractivity contribution in [2.24, 2.45) is 0 Å². The van der Waals surface area contributed by atoms with E-state index in [1.807, 2.05) is 10.5 Å². The van der Waals surface area contributed by atoms with Gasteiger partial charge in [-0.15, -0.1) is 0 Å². The Balaban J connectivity index is 1.13. The number of amides is 2. The van der Waals surface area contributed by atoms with Crippen molar-refractivity contribution in [3.8, 4) is 11.3 Å². The van der Waals surface area contributed by atoms with Crippen LogP contribution in [0.2, 0.25) is 0 Å². The van der Waals surface area contributed by atoms with Crippen molar-refractivity contribution in [3.63, 3.8) is 0 Å². The third-order valence-corrected chi connectivity index (χ3v) is 8.08. The average molecular weight is 551 g/mol. The Morgan fingerprint density at radius 3 is 2.70 bits per heavy atom. The number of carbonyl (C=O) groups is 2. The number of alkyl halides is 1. The molecule has 1 atom stereocenters. The first-order chi connectivity index (χ1) is 19.4. The SMILES string of the molecule is O=C(NCCCN1CCC(F)CC1)c1ccc2c(c1)[nH]c1nc(-c3ccc(C4CCCN4C(=O)O)cc3F)cn12. The Morgan fingerprint density at radius 2 is 1.93 bits per heavy atom. The number of nitrogens with one attached hydrogen (secondary N) is 2. The molecule has 4 heterocycles. The zero-order valence-corrected chi connectivity index (χ0v) is 22.1. The van der Waals surface area contributed by atoms with Crippen LogP contribution in [0, 0.1) is 5.82 Å². The number of imidazole rings is 2. The second-order valence-electron chi connectivity index (χ2n) is 10.7. The number of hydrogen-bond donors (Lipinski definition) is 3. The molecule has 2 fully saturated rings. The zero-order chi connectivity index (χ0) is 27.8. The summed E-state index contributed by atoms with van der Waals surface area (Å²) < 4.78 is 30.3. The normalized spacial score (nSPS) is 18.6. The maximum atomic E-state index is 15.2.